The molecule has 0 unspecified atom stereocenters. The van der Waals surface area contributed by atoms with Crippen molar-refractivity contribution in [2.75, 3.05) is 6.54 Å². The van der Waals surface area contributed by atoms with E-state index in [0.717, 1.165) is 6.07 Å². The van der Waals surface area contributed by atoms with Crippen LogP contribution in [0, 0.1) is 10.1 Å². The molecule has 0 aliphatic heterocycles. The summed E-state index contributed by atoms with van der Waals surface area (Å²) < 4.78 is 80.1. The number of carbonyl (C=O) groups is 1. The van der Waals surface area contributed by atoms with Crippen molar-refractivity contribution in [1.82, 2.24) is 14.5 Å². The maximum absolute atomic E-state index is 13.4. The molecular weight excluding hydrogens is 446 g/mol. The largest absolute Gasteiger partial charge is 0.449 e. The Morgan fingerprint density at radius 3 is 2.28 bits per heavy atom. The Labute approximate surface area is 176 Å². The third kappa shape index (κ3) is 5.15. The van der Waals surface area contributed by atoms with Gasteiger partial charge in [0.05, 0.1) is 22.5 Å². The van der Waals surface area contributed by atoms with Crippen molar-refractivity contribution in [3.63, 3.8) is 0 Å². The second-order valence-electron chi connectivity index (χ2n) is 6.76. The van der Waals surface area contributed by atoms with Gasteiger partial charge < -0.3 is 9.47 Å². The summed E-state index contributed by atoms with van der Waals surface area (Å²) in [6, 6.07) is 10.2. The van der Waals surface area contributed by atoms with Gasteiger partial charge in [0.2, 0.25) is 11.7 Å². The number of imidazole rings is 1. The Kier molecular flexibility index (Phi) is 6.10. The van der Waals surface area contributed by atoms with Crippen LogP contribution in [-0.2, 0) is 24.1 Å². The zero-order chi connectivity index (χ0) is 23.7. The van der Waals surface area contributed by atoms with Gasteiger partial charge >= 0.3 is 12.4 Å². The number of carbonyl (C=O) groups excluding carboxylic acids is 1. The van der Waals surface area contributed by atoms with Gasteiger partial charge in [0.1, 0.15) is 13.1 Å². The van der Waals surface area contributed by atoms with Crippen molar-refractivity contribution in [2.24, 2.45) is 0 Å². The molecule has 0 saturated heterocycles. The minimum atomic E-state index is -4.97. The molecule has 0 bridgehead atoms. The Hall–Kier alpha value is -3.64. The predicted octanol–water partition coefficient (Wildman–Crippen LogP) is 4.55. The third-order valence-corrected chi connectivity index (χ3v) is 4.47. The first kappa shape index (κ1) is 23.0. The smallest absolute Gasteiger partial charge is 0.327 e. The lowest BCUT2D eigenvalue weighted by Gasteiger charge is -2.25. The SMILES string of the molecule is O=C(Cn1c(C(F)(F)F)nc2ccccc21)N(Cc1ccccc1[N+](=O)[O-])CC(F)(F)F. The number of nitro benzene ring substituents is 1. The van der Waals surface area contributed by atoms with Crippen LogP contribution in [0.4, 0.5) is 32.0 Å². The van der Waals surface area contributed by atoms with Crippen molar-refractivity contribution in [3.8, 4) is 0 Å². The number of hydrogen-bond donors (Lipinski definition) is 0. The van der Waals surface area contributed by atoms with Gasteiger partial charge in [-0.1, -0.05) is 30.3 Å². The van der Waals surface area contributed by atoms with Crippen molar-refractivity contribution in [1.29, 1.82) is 0 Å². The number of nitro groups is 1. The minimum Gasteiger partial charge on any atom is -0.327 e. The molecule has 3 rings (SSSR count). The Bertz CT molecular complexity index is 1160. The van der Waals surface area contributed by atoms with E-state index in [2.05, 4.69) is 4.98 Å². The molecular formula is C19H14F6N4O3. The van der Waals surface area contributed by atoms with Crippen molar-refractivity contribution >= 4 is 22.6 Å². The second kappa shape index (κ2) is 8.48. The van der Waals surface area contributed by atoms with Crippen molar-refractivity contribution < 1.29 is 36.1 Å². The zero-order valence-corrected chi connectivity index (χ0v) is 16.0. The number of para-hydroxylation sites is 3. The van der Waals surface area contributed by atoms with E-state index in [4.69, 9.17) is 0 Å². The summed E-state index contributed by atoms with van der Waals surface area (Å²) in [6.07, 6.45) is -9.85. The molecule has 0 saturated carbocycles. The highest BCUT2D eigenvalue weighted by molar-refractivity contribution is 5.81. The summed E-state index contributed by atoms with van der Waals surface area (Å²) in [7, 11) is 0. The van der Waals surface area contributed by atoms with Crippen LogP contribution in [-0.4, -0.2) is 38.0 Å². The molecule has 1 amide bonds. The summed E-state index contributed by atoms with van der Waals surface area (Å²) >= 11 is 0. The molecule has 7 nitrogen and oxygen atoms in total. The Balaban J connectivity index is 2.00. The number of nitrogens with zero attached hydrogens (tertiary/aromatic N) is 4. The molecule has 0 atom stereocenters. The number of alkyl halides is 6. The van der Waals surface area contributed by atoms with Crippen LogP contribution >= 0.6 is 0 Å². The molecule has 0 aliphatic carbocycles. The number of hydrogen-bond acceptors (Lipinski definition) is 4. The highest BCUT2D eigenvalue weighted by Gasteiger charge is 2.39. The van der Waals surface area contributed by atoms with Crippen molar-refractivity contribution in [3.05, 3.63) is 70.0 Å². The van der Waals surface area contributed by atoms with Crippen LogP contribution < -0.4 is 0 Å². The van der Waals surface area contributed by atoms with E-state index in [-0.39, 0.29) is 21.5 Å². The zero-order valence-electron chi connectivity index (χ0n) is 16.0. The Morgan fingerprint density at radius 2 is 1.66 bits per heavy atom. The molecule has 1 aromatic heterocycles. The molecule has 0 fully saturated rings. The lowest BCUT2D eigenvalue weighted by atomic mass is 10.1. The van der Waals surface area contributed by atoms with E-state index in [0.29, 0.717) is 4.57 Å². The number of halogens is 6. The van der Waals surface area contributed by atoms with Gasteiger partial charge in [-0.3, -0.25) is 14.9 Å². The molecule has 0 radical (unpaired) electrons. The maximum atomic E-state index is 13.4. The van der Waals surface area contributed by atoms with Crippen LogP contribution in [0.25, 0.3) is 11.0 Å². The van der Waals surface area contributed by atoms with Gasteiger partial charge in [0.25, 0.3) is 5.69 Å². The highest BCUT2D eigenvalue weighted by atomic mass is 19.4. The quantitative estimate of drug-likeness (QED) is 0.307. The van der Waals surface area contributed by atoms with E-state index >= 15 is 0 Å². The van der Waals surface area contributed by atoms with Gasteiger partial charge in [0.15, 0.2) is 0 Å². The van der Waals surface area contributed by atoms with Crippen LogP contribution in [0.2, 0.25) is 0 Å². The van der Waals surface area contributed by atoms with Crippen LogP contribution in [0.5, 0.6) is 0 Å². The molecule has 0 aliphatic rings. The lowest BCUT2D eigenvalue weighted by Crippen LogP contribution is -2.40. The first-order valence-corrected chi connectivity index (χ1v) is 8.96. The van der Waals surface area contributed by atoms with Gasteiger partial charge in [-0.25, -0.2) is 4.98 Å². The second-order valence-corrected chi connectivity index (χ2v) is 6.76. The number of rotatable bonds is 6. The average Bonchev–Trinajstić information content (AvgIpc) is 3.06. The fourth-order valence-corrected chi connectivity index (χ4v) is 3.16. The minimum absolute atomic E-state index is 0.0892. The number of fused-ring (bicyclic) bond motifs is 1. The monoisotopic (exact) mass is 460 g/mol. The van der Waals surface area contributed by atoms with Gasteiger partial charge in [-0.05, 0) is 12.1 Å². The summed E-state index contributed by atoms with van der Waals surface area (Å²) in [6.45, 7) is -3.71. The molecule has 13 heteroatoms. The molecule has 2 aromatic carbocycles. The lowest BCUT2D eigenvalue weighted by molar-refractivity contribution is -0.385. The molecule has 0 spiro atoms. The van der Waals surface area contributed by atoms with E-state index in [1.165, 1.54) is 42.5 Å². The number of aromatic nitrogens is 2. The number of amides is 1. The average molecular weight is 460 g/mol. The normalized spacial score (nSPS) is 12.2. The van der Waals surface area contributed by atoms with Crippen LogP contribution in [0.1, 0.15) is 11.4 Å². The van der Waals surface area contributed by atoms with E-state index in [1.54, 1.807) is 0 Å². The summed E-state index contributed by atoms with van der Waals surface area (Å²) in [5.74, 6) is -2.75. The van der Waals surface area contributed by atoms with E-state index < -0.39 is 54.3 Å². The first-order chi connectivity index (χ1) is 14.9. The summed E-state index contributed by atoms with van der Waals surface area (Å²) in [4.78, 5) is 26.8. The molecule has 1 heterocycles. The standard InChI is InChI=1S/C19H14F6N4O3/c20-18(21,22)11-27(9-12-5-1-3-7-14(12)29(31)32)16(30)10-28-15-8-4-2-6-13(15)26-17(28)19(23,24)25/h1-8H,9-11H2. The molecule has 170 valence electrons. The highest BCUT2D eigenvalue weighted by Crippen LogP contribution is 2.32. The topological polar surface area (TPSA) is 81.3 Å². The van der Waals surface area contributed by atoms with Crippen molar-refractivity contribution in [2.45, 2.75) is 25.4 Å². The summed E-state index contributed by atoms with van der Waals surface area (Å²) in [5.41, 5.74) is -0.891. The van der Waals surface area contributed by atoms with Gasteiger partial charge in [-0.15, -0.1) is 0 Å². The third-order valence-electron chi connectivity index (χ3n) is 4.47. The Morgan fingerprint density at radius 1 is 1.03 bits per heavy atom. The van der Waals surface area contributed by atoms with Gasteiger partial charge in [0, 0.05) is 11.6 Å². The van der Waals surface area contributed by atoms with E-state index in [9.17, 15) is 41.3 Å². The molecule has 32 heavy (non-hydrogen) atoms. The van der Waals surface area contributed by atoms with Gasteiger partial charge in [-0.2, -0.15) is 26.3 Å². The fraction of sp³-hybridized carbons (Fsp3) is 0.263. The van der Waals surface area contributed by atoms with Crippen LogP contribution in [0.15, 0.2) is 48.5 Å². The first-order valence-electron chi connectivity index (χ1n) is 8.96. The molecule has 3 aromatic rings. The molecule has 0 N–H and O–H groups in total. The summed E-state index contributed by atoms with van der Waals surface area (Å²) in [5, 5.41) is 11.2. The van der Waals surface area contributed by atoms with E-state index in [1.807, 2.05) is 0 Å². The maximum Gasteiger partial charge on any atom is 0.449 e. The number of benzene rings is 2. The van der Waals surface area contributed by atoms with Crippen LogP contribution in [0.3, 0.4) is 0 Å². The fourth-order valence-electron chi connectivity index (χ4n) is 3.16. The predicted molar refractivity (Wildman–Crippen MR) is 99.3 cm³/mol.